The number of thiophene rings is 1. The lowest BCUT2D eigenvalue weighted by Gasteiger charge is -2.19. The van der Waals surface area contributed by atoms with Gasteiger partial charge in [0.1, 0.15) is 0 Å². The lowest BCUT2D eigenvalue weighted by Crippen LogP contribution is -2.39. The highest BCUT2D eigenvalue weighted by molar-refractivity contribution is 14.0. The van der Waals surface area contributed by atoms with Crippen LogP contribution in [0.1, 0.15) is 38.0 Å². The summed E-state index contributed by atoms with van der Waals surface area (Å²) in [5.74, 6) is 1.35. The Balaban J connectivity index is 0.00000576. The van der Waals surface area contributed by atoms with Crippen LogP contribution in [0.15, 0.2) is 22.5 Å². The van der Waals surface area contributed by atoms with Crippen molar-refractivity contribution >= 4 is 41.3 Å². The van der Waals surface area contributed by atoms with Gasteiger partial charge in [-0.1, -0.05) is 13.0 Å². The number of halogens is 1. The minimum atomic E-state index is 0. The first-order valence-electron chi connectivity index (χ1n) is 8.88. The fraction of sp³-hybridized carbons (Fsp3) is 0.722. The standard InChI is InChI=1S/C18H34N4OS.HI/c1-6-19-18(20-13-15(3)17-9-8-12-24-17)21-14-16(23-7-2)10-11-22(4)5;/h8-9,12,15-16H,6-7,10-11,13-14H2,1-5H3,(H2,19,20,21);1H. The largest absolute Gasteiger partial charge is 0.377 e. The van der Waals surface area contributed by atoms with Gasteiger partial charge in [0, 0.05) is 37.0 Å². The summed E-state index contributed by atoms with van der Waals surface area (Å²) < 4.78 is 5.82. The number of nitrogens with zero attached hydrogens (tertiary/aromatic N) is 2. The van der Waals surface area contributed by atoms with E-state index in [1.54, 1.807) is 11.3 Å². The van der Waals surface area contributed by atoms with E-state index in [1.165, 1.54) is 4.88 Å². The number of hydrogen-bond donors (Lipinski definition) is 2. The minimum absolute atomic E-state index is 0. The van der Waals surface area contributed by atoms with E-state index in [9.17, 15) is 0 Å². The second-order valence-electron chi connectivity index (χ2n) is 6.19. The van der Waals surface area contributed by atoms with Gasteiger partial charge in [-0.05, 0) is 45.8 Å². The molecular weight excluding hydrogens is 447 g/mol. The monoisotopic (exact) mass is 482 g/mol. The Bertz CT molecular complexity index is 454. The van der Waals surface area contributed by atoms with Gasteiger partial charge in [-0.3, -0.25) is 4.99 Å². The normalized spacial score (nSPS) is 14.1. The van der Waals surface area contributed by atoms with Gasteiger partial charge in [-0.15, -0.1) is 35.3 Å². The predicted octanol–water partition coefficient (Wildman–Crippen LogP) is 3.38. The van der Waals surface area contributed by atoms with Crippen LogP contribution in [0.3, 0.4) is 0 Å². The fourth-order valence-electron chi connectivity index (χ4n) is 2.32. The van der Waals surface area contributed by atoms with Gasteiger partial charge in [0.15, 0.2) is 5.96 Å². The quantitative estimate of drug-likeness (QED) is 0.289. The first-order chi connectivity index (χ1) is 11.6. The van der Waals surface area contributed by atoms with E-state index in [0.717, 1.165) is 38.6 Å². The number of ether oxygens (including phenoxy) is 1. The summed E-state index contributed by atoms with van der Waals surface area (Å²) in [5.41, 5.74) is 0. The molecule has 0 fully saturated rings. The molecule has 0 spiro atoms. The summed E-state index contributed by atoms with van der Waals surface area (Å²) in [7, 11) is 4.17. The average molecular weight is 482 g/mol. The molecule has 1 rings (SSSR count). The van der Waals surface area contributed by atoms with Crippen LogP contribution in [0, 0.1) is 0 Å². The second kappa shape index (κ2) is 14.8. The molecule has 1 aromatic heterocycles. The smallest absolute Gasteiger partial charge is 0.191 e. The third kappa shape index (κ3) is 11.0. The van der Waals surface area contributed by atoms with E-state index in [-0.39, 0.29) is 30.1 Å². The molecular formula is C18H35IN4OS. The maximum atomic E-state index is 5.82. The van der Waals surface area contributed by atoms with Gasteiger partial charge in [-0.25, -0.2) is 0 Å². The van der Waals surface area contributed by atoms with E-state index in [4.69, 9.17) is 9.73 Å². The topological polar surface area (TPSA) is 48.9 Å². The first kappa shape index (κ1) is 24.6. The van der Waals surface area contributed by atoms with Gasteiger partial charge in [-0.2, -0.15) is 0 Å². The molecule has 0 aliphatic heterocycles. The van der Waals surface area contributed by atoms with Crippen LogP contribution in [0.4, 0.5) is 0 Å². The number of aliphatic imine (C=N–C) groups is 1. The molecule has 5 nitrogen and oxygen atoms in total. The maximum Gasteiger partial charge on any atom is 0.191 e. The first-order valence-corrected chi connectivity index (χ1v) is 9.76. The molecule has 0 saturated heterocycles. The average Bonchev–Trinajstić information content (AvgIpc) is 3.09. The lowest BCUT2D eigenvalue weighted by atomic mass is 10.1. The van der Waals surface area contributed by atoms with Gasteiger partial charge in [0.05, 0.1) is 12.6 Å². The van der Waals surface area contributed by atoms with Crippen LogP contribution >= 0.6 is 35.3 Å². The molecule has 0 aliphatic rings. The molecule has 0 bridgehead atoms. The highest BCUT2D eigenvalue weighted by Crippen LogP contribution is 2.19. The molecule has 0 radical (unpaired) electrons. The van der Waals surface area contributed by atoms with Crippen molar-refractivity contribution in [2.45, 2.75) is 39.2 Å². The Labute approximate surface area is 174 Å². The van der Waals surface area contributed by atoms with Crippen molar-refractivity contribution in [1.82, 2.24) is 15.5 Å². The van der Waals surface area contributed by atoms with Crippen LogP contribution in [0.25, 0.3) is 0 Å². The van der Waals surface area contributed by atoms with Crippen LogP contribution < -0.4 is 10.6 Å². The van der Waals surface area contributed by atoms with Gasteiger partial charge < -0.3 is 20.3 Å². The molecule has 0 aromatic carbocycles. The summed E-state index contributed by atoms with van der Waals surface area (Å²) in [6, 6.07) is 4.29. The Morgan fingerprint density at radius 2 is 2.08 bits per heavy atom. The second-order valence-corrected chi connectivity index (χ2v) is 7.17. The highest BCUT2D eigenvalue weighted by Gasteiger charge is 2.10. The molecule has 2 N–H and O–H groups in total. The van der Waals surface area contributed by atoms with E-state index >= 15 is 0 Å². The Morgan fingerprint density at radius 1 is 1.32 bits per heavy atom. The van der Waals surface area contributed by atoms with Crippen LogP contribution in [0.2, 0.25) is 0 Å². The molecule has 7 heteroatoms. The number of guanidine groups is 1. The summed E-state index contributed by atoms with van der Waals surface area (Å²) in [6.07, 6.45) is 1.16. The molecule has 1 heterocycles. The van der Waals surface area contributed by atoms with Crippen molar-refractivity contribution in [2.75, 3.05) is 46.9 Å². The number of hydrogen-bond acceptors (Lipinski definition) is 4. The SMILES string of the molecule is CCNC(=NCC(CCN(C)C)OCC)NCC(C)c1cccs1.I. The van der Waals surface area contributed by atoms with Gasteiger partial charge in [0.2, 0.25) is 0 Å². The zero-order chi connectivity index (χ0) is 17.8. The van der Waals surface area contributed by atoms with Crippen molar-refractivity contribution in [2.24, 2.45) is 4.99 Å². The third-order valence-corrected chi connectivity index (χ3v) is 4.81. The zero-order valence-corrected chi connectivity index (χ0v) is 19.4. The molecule has 0 amide bonds. The van der Waals surface area contributed by atoms with Crippen LogP contribution in [-0.4, -0.2) is 63.8 Å². The van der Waals surface area contributed by atoms with E-state index in [2.05, 4.69) is 61.0 Å². The Kier molecular flexibility index (Phi) is 14.5. The predicted molar refractivity (Wildman–Crippen MR) is 121 cm³/mol. The summed E-state index contributed by atoms with van der Waals surface area (Å²) in [5, 5.41) is 8.90. The van der Waals surface area contributed by atoms with Gasteiger partial charge in [0.25, 0.3) is 0 Å². The van der Waals surface area contributed by atoms with Crippen molar-refractivity contribution < 1.29 is 4.74 Å². The van der Waals surface area contributed by atoms with Crippen LogP contribution in [-0.2, 0) is 4.74 Å². The van der Waals surface area contributed by atoms with Gasteiger partial charge >= 0.3 is 0 Å². The molecule has 1 aromatic rings. The molecule has 0 aliphatic carbocycles. The third-order valence-electron chi connectivity index (χ3n) is 3.70. The summed E-state index contributed by atoms with van der Waals surface area (Å²) in [4.78, 5) is 8.30. The lowest BCUT2D eigenvalue weighted by molar-refractivity contribution is 0.0582. The Hall–Kier alpha value is -0.380. The van der Waals surface area contributed by atoms with Crippen LogP contribution in [0.5, 0.6) is 0 Å². The van der Waals surface area contributed by atoms with E-state index < -0.39 is 0 Å². The van der Waals surface area contributed by atoms with Crippen molar-refractivity contribution in [1.29, 1.82) is 0 Å². The highest BCUT2D eigenvalue weighted by atomic mass is 127. The Morgan fingerprint density at radius 3 is 2.64 bits per heavy atom. The van der Waals surface area contributed by atoms with Crippen molar-refractivity contribution in [3.8, 4) is 0 Å². The maximum absolute atomic E-state index is 5.82. The minimum Gasteiger partial charge on any atom is -0.377 e. The van der Waals surface area contributed by atoms with Crippen molar-refractivity contribution in [3.63, 3.8) is 0 Å². The molecule has 25 heavy (non-hydrogen) atoms. The van der Waals surface area contributed by atoms with E-state index in [1.807, 2.05) is 6.92 Å². The molecule has 0 saturated carbocycles. The molecule has 2 atom stereocenters. The number of nitrogens with one attached hydrogen (secondary N) is 2. The zero-order valence-electron chi connectivity index (χ0n) is 16.2. The summed E-state index contributed by atoms with van der Waals surface area (Å²) in [6.45, 7) is 10.5. The fourth-order valence-corrected chi connectivity index (χ4v) is 3.11. The molecule has 2 unspecified atom stereocenters. The number of rotatable bonds is 11. The molecule has 146 valence electrons. The van der Waals surface area contributed by atoms with E-state index in [0.29, 0.717) is 12.5 Å². The van der Waals surface area contributed by atoms with Crippen molar-refractivity contribution in [3.05, 3.63) is 22.4 Å². The summed E-state index contributed by atoms with van der Waals surface area (Å²) >= 11 is 1.81.